The van der Waals surface area contributed by atoms with E-state index < -0.39 is 34.3 Å². The Kier molecular flexibility index (Phi) is 11.3. The van der Waals surface area contributed by atoms with Gasteiger partial charge in [0, 0.05) is 12.6 Å². The van der Waals surface area contributed by atoms with E-state index in [9.17, 15) is 22.4 Å². The minimum Gasteiger partial charge on any atom is -0.497 e. The smallest absolute Gasteiger partial charge is 0.264 e. The highest BCUT2D eigenvalue weighted by Crippen LogP contribution is 2.26. The molecule has 0 bridgehead atoms. The van der Waals surface area contributed by atoms with Crippen LogP contribution in [0.3, 0.4) is 0 Å². The molecule has 3 aromatic carbocycles. The standard InChI is InChI=1S/C31H38FN3O6S/c1-6-22(3)33-31(37)23(4)34(20-24-9-8-10-28(19-24)40-5)30(36)21-35(26-13-11-25(32)12-14-26)42(38,39)29-17-15-27(16-18-29)41-7-2/h8-19,22-23H,6-7,20-21H2,1-5H3,(H,33,37)/t22-,23-/m0/s1. The van der Waals surface area contributed by atoms with Gasteiger partial charge in [0.2, 0.25) is 11.8 Å². The van der Waals surface area contributed by atoms with Crippen molar-refractivity contribution >= 4 is 27.5 Å². The van der Waals surface area contributed by atoms with E-state index >= 15 is 0 Å². The zero-order valence-corrected chi connectivity index (χ0v) is 25.4. The Hall–Kier alpha value is -4.12. The average Bonchev–Trinajstić information content (AvgIpc) is 2.99. The normalized spacial score (nSPS) is 12.6. The van der Waals surface area contributed by atoms with Crippen molar-refractivity contribution in [2.75, 3.05) is 24.6 Å². The zero-order valence-electron chi connectivity index (χ0n) is 24.5. The second-order valence-electron chi connectivity index (χ2n) is 9.76. The van der Waals surface area contributed by atoms with Gasteiger partial charge in [-0.3, -0.25) is 13.9 Å². The van der Waals surface area contributed by atoms with Gasteiger partial charge in [0.1, 0.15) is 29.9 Å². The van der Waals surface area contributed by atoms with Gasteiger partial charge in [-0.15, -0.1) is 0 Å². The van der Waals surface area contributed by atoms with Crippen molar-refractivity contribution in [3.63, 3.8) is 0 Å². The summed E-state index contributed by atoms with van der Waals surface area (Å²) in [6.45, 7) is 7.00. The molecule has 0 heterocycles. The minimum absolute atomic E-state index is 0.0193. The van der Waals surface area contributed by atoms with Crippen LogP contribution >= 0.6 is 0 Å². The van der Waals surface area contributed by atoms with Crippen molar-refractivity contribution in [3.8, 4) is 11.5 Å². The predicted octanol–water partition coefficient (Wildman–Crippen LogP) is 4.76. The van der Waals surface area contributed by atoms with Crippen LogP contribution in [0.15, 0.2) is 77.7 Å². The topological polar surface area (TPSA) is 105 Å². The number of carbonyl (C=O) groups is 2. The molecular formula is C31H38FN3O6S. The van der Waals surface area contributed by atoms with Crippen LogP contribution in [0.5, 0.6) is 11.5 Å². The summed E-state index contributed by atoms with van der Waals surface area (Å²) in [4.78, 5) is 28.4. The van der Waals surface area contributed by atoms with Crippen molar-refractivity contribution in [1.29, 1.82) is 0 Å². The summed E-state index contributed by atoms with van der Waals surface area (Å²) in [5.41, 5.74) is 0.783. The molecule has 0 spiro atoms. The van der Waals surface area contributed by atoms with E-state index in [-0.39, 0.29) is 29.1 Å². The first-order valence-electron chi connectivity index (χ1n) is 13.7. The van der Waals surface area contributed by atoms with Crippen LogP contribution in [-0.4, -0.2) is 57.5 Å². The molecule has 1 N–H and O–H groups in total. The maximum Gasteiger partial charge on any atom is 0.264 e. The Morgan fingerprint density at radius 1 is 0.952 bits per heavy atom. The molecule has 0 aromatic heterocycles. The summed E-state index contributed by atoms with van der Waals surface area (Å²) in [5, 5.41) is 2.89. The number of methoxy groups -OCH3 is 1. The van der Waals surface area contributed by atoms with Crippen LogP contribution in [0.2, 0.25) is 0 Å². The van der Waals surface area contributed by atoms with E-state index in [1.54, 1.807) is 31.2 Å². The van der Waals surface area contributed by atoms with Crippen LogP contribution in [-0.2, 0) is 26.2 Å². The van der Waals surface area contributed by atoms with E-state index in [1.165, 1.54) is 48.4 Å². The molecule has 226 valence electrons. The third-order valence-electron chi connectivity index (χ3n) is 6.77. The maximum absolute atomic E-state index is 14.0. The fourth-order valence-corrected chi connectivity index (χ4v) is 5.57. The van der Waals surface area contributed by atoms with E-state index in [0.29, 0.717) is 30.1 Å². The molecule has 0 saturated heterocycles. The van der Waals surface area contributed by atoms with Gasteiger partial charge in [0.15, 0.2) is 0 Å². The van der Waals surface area contributed by atoms with Crippen molar-refractivity contribution in [1.82, 2.24) is 10.2 Å². The Labute approximate surface area is 247 Å². The SMILES string of the molecule is CCOc1ccc(S(=O)(=O)N(CC(=O)N(Cc2cccc(OC)c2)[C@@H](C)C(=O)N[C@@H](C)CC)c2ccc(F)cc2)cc1. The quantitative estimate of drug-likeness (QED) is 0.287. The number of hydrogen-bond donors (Lipinski definition) is 1. The molecule has 2 amide bonds. The fourth-order valence-electron chi connectivity index (χ4n) is 4.15. The second kappa shape index (κ2) is 14.7. The fraction of sp³-hybridized carbons (Fsp3) is 0.355. The monoisotopic (exact) mass is 599 g/mol. The van der Waals surface area contributed by atoms with Gasteiger partial charge in [0.05, 0.1) is 24.3 Å². The summed E-state index contributed by atoms with van der Waals surface area (Å²) in [7, 11) is -2.77. The first-order valence-corrected chi connectivity index (χ1v) is 15.2. The molecule has 0 aliphatic heterocycles. The lowest BCUT2D eigenvalue weighted by Gasteiger charge is -2.32. The van der Waals surface area contributed by atoms with Gasteiger partial charge in [-0.2, -0.15) is 0 Å². The minimum atomic E-state index is -4.29. The van der Waals surface area contributed by atoms with Crippen molar-refractivity contribution in [3.05, 3.63) is 84.2 Å². The molecule has 0 fully saturated rings. The molecule has 42 heavy (non-hydrogen) atoms. The number of sulfonamides is 1. The zero-order chi connectivity index (χ0) is 30.9. The number of benzene rings is 3. The average molecular weight is 600 g/mol. The van der Waals surface area contributed by atoms with Crippen molar-refractivity contribution in [2.45, 2.75) is 57.6 Å². The van der Waals surface area contributed by atoms with Crippen LogP contribution in [0.25, 0.3) is 0 Å². The van der Waals surface area contributed by atoms with E-state index in [1.807, 2.05) is 20.8 Å². The van der Waals surface area contributed by atoms with Gasteiger partial charge in [0.25, 0.3) is 10.0 Å². The molecule has 3 aromatic rings. The Morgan fingerprint density at radius 2 is 1.62 bits per heavy atom. The molecule has 0 aliphatic carbocycles. The number of anilines is 1. The Balaban J connectivity index is 2.02. The van der Waals surface area contributed by atoms with Crippen LogP contribution in [0.1, 0.15) is 39.7 Å². The number of rotatable bonds is 14. The van der Waals surface area contributed by atoms with E-state index in [0.717, 1.165) is 16.4 Å². The Bertz CT molecular complexity index is 1450. The molecule has 3 rings (SSSR count). The van der Waals surface area contributed by atoms with E-state index in [4.69, 9.17) is 9.47 Å². The lowest BCUT2D eigenvalue weighted by molar-refractivity contribution is -0.139. The summed E-state index contributed by atoms with van der Waals surface area (Å²) >= 11 is 0. The highest BCUT2D eigenvalue weighted by atomic mass is 32.2. The number of ether oxygens (including phenoxy) is 2. The lowest BCUT2D eigenvalue weighted by atomic mass is 10.1. The van der Waals surface area contributed by atoms with Crippen LogP contribution in [0, 0.1) is 5.82 Å². The van der Waals surface area contributed by atoms with Gasteiger partial charge >= 0.3 is 0 Å². The summed E-state index contributed by atoms with van der Waals surface area (Å²) < 4.78 is 53.3. The molecule has 0 aliphatic rings. The van der Waals surface area contributed by atoms with Crippen LogP contribution < -0.4 is 19.1 Å². The van der Waals surface area contributed by atoms with Gasteiger partial charge < -0.3 is 19.7 Å². The summed E-state index contributed by atoms with van der Waals surface area (Å²) in [6.07, 6.45) is 0.695. The number of halogens is 1. The third kappa shape index (κ3) is 8.22. The number of carbonyl (C=O) groups excluding carboxylic acids is 2. The van der Waals surface area contributed by atoms with Gasteiger partial charge in [-0.1, -0.05) is 19.1 Å². The number of amides is 2. The highest BCUT2D eigenvalue weighted by Gasteiger charge is 2.33. The van der Waals surface area contributed by atoms with Crippen molar-refractivity contribution in [2.24, 2.45) is 0 Å². The van der Waals surface area contributed by atoms with Gasteiger partial charge in [-0.05, 0) is 93.4 Å². The molecule has 0 unspecified atom stereocenters. The van der Waals surface area contributed by atoms with E-state index in [2.05, 4.69) is 5.32 Å². The molecule has 11 heteroatoms. The number of nitrogens with zero attached hydrogens (tertiary/aromatic N) is 2. The first kappa shape index (κ1) is 32.4. The summed E-state index contributed by atoms with van der Waals surface area (Å²) in [6, 6.07) is 16.7. The molecule has 2 atom stereocenters. The number of hydrogen-bond acceptors (Lipinski definition) is 6. The molecule has 0 saturated carbocycles. The first-order chi connectivity index (χ1) is 20.0. The van der Waals surface area contributed by atoms with Crippen LogP contribution in [0.4, 0.5) is 10.1 Å². The predicted molar refractivity (Wildman–Crippen MR) is 159 cm³/mol. The molecule has 9 nitrogen and oxygen atoms in total. The maximum atomic E-state index is 14.0. The summed E-state index contributed by atoms with van der Waals surface area (Å²) in [5.74, 6) is -0.487. The Morgan fingerprint density at radius 3 is 2.21 bits per heavy atom. The molecule has 0 radical (unpaired) electrons. The lowest BCUT2D eigenvalue weighted by Crippen LogP contribution is -2.52. The van der Waals surface area contributed by atoms with Gasteiger partial charge in [-0.25, -0.2) is 12.8 Å². The van der Waals surface area contributed by atoms with Crippen molar-refractivity contribution < 1.29 is 31.9 Å². The largest absolute Gasteiger partial charge is 0.497 e. The highest BCUT2D eigenvalue weighted by molar-refractivity contribution is 7.92. The molecular weight excluding hydrogens is 561 g/mol. The number of nitrogens with one attached hydrogen (secondary N) is 1. The third-order valence-corrected chi connectivity index (χ3v) is 8.56. The second-order valence-corrected chi connectivity index (χ2v) is 11.6.